The summed E-state index contributed by atoms with van der Waals surface area (Å²) in [6.45, 7) is 1.94. The predicted molar refractivity (Wildman–Crippen MR) is 144 cm³/mol. The van der Waals surface area contributed by atoms with Crippen molar-refractivity contribution < 1.29 is 23.9 Å². The fourth-order valence-corrected chi connectivity index (χ4v) is 6.26. The second-order valence-electron chi connectivity index (χ2n) is 10.3. The molecule has 3 aliphatic rings. The Kier molecular flexibility index (Phi) is 5.06. The van der Waals surface area contributed by atoms with Crippen molar-refractivity contribution in [1.29, 1.82) is 0 Å². The van der Waals surface area contributed by atoms with Gasteiger partial charge in [0.25, 0.3) is 0 Å². The normalized spacial score (nSPS) is 23.0. The van der Waals surface area contributed by atoms with Gasteiger partial charge in [-0.05, 0) is 35.7 Å². The molecule has 2 amide bonds. The number of fused-ring (bicyclic) bond motifs is 3. The van der Waals surface area contributed by atoms with E-state index in [1.54, 1.807) is 36.4 Å². The van der Waals surface area contributed by atoms with E-state index in [-0.39, 0.29) is 11.1 Å². The number of carbonyl (C=O) groups is 4. The first-order chi connectivity index (χ1) is 18.9. The number of amides is 2. The van der Waals surface area contributed by atoms with Gasteiger partial charge in [-0.3, -0.25) is 19.2 Å². The van der Waals surface area contributed by atoms with Crippen LogP contribution in [0.2, 0.25) is 0 Å². The first-order valence-electron chi connectivity index (χ1n) is 12.9. The van der Waals surface area contributed by atoms with E-state index in [4.69, 9.17) is 4.74 Å². The second kappa shape index (κ2) is 8.41. The highest BCUT2D eigenvalue weighted by molar-refractivity contribution is 6.37. The molecule has 6 heteroatoms. The first kappa shape index (κ1) is 23.4. The summed E-state index contributed by atoms with van der Waals surface area (Å²) in [5.41, 5.74) is 2.36. The molecular formula is C33H23NO5. The van der Waals surface area contributed by atoms with Crippen molar-refractivity contribution in [3.8, 4) is 11.1 Å². The number of Topliss-reactive ketones (excluding diaryl/α,β-unsaturated/α-hetero) is 2. The Labute approximate surface area is 224 Å². The molecule has 7 rings (SSSR count). The van der Waals surface area contributed by atoms with Gasteiger partial charge in [-0.25, -0.2) is 4.90 Å². The number of ketones is 2. The summed E-state index contributed by atoms with van der Waals surface area (Å²) < 4.78 is 6.34. The van der Waals surface area contributed by atoms with Gasteiger partial charge in [0.05, 0.1) is 23.6 Å². The fourth-order valence-electron chi connectivity index (χ4n) is 6.26. The zero-order valence-corrected chi connectivity index (χ0v) is 21.0. The van der Waals surface area contributed by atoms with Crippen LogP contribution < -0.4 is 4.90 Å². The molecule has 4 aromatic carbocycles. The Morgan fingerprint density at radius 3 is 1.82 bits per heavy atom. The largest absolute Gasteiger partial charge is 0.349 e. The van der Waals surface area contributed by atoms with Gasteiger partial charge in [-0.1, -0.05) is 96.6 Å². The quantitative estimate of drug-likeness (QED) is 0.272. The van der Waals surface area contributed by atoms with Crippen LogP contribution in [0.15, 0.2) is 103 Å². The van der Waals surface area contributed by atoms with Crippen molar-refractivity contribution in [2.24, 2.45) is 11.8 Å². The smallest absolute Gasteiger partial charge is 0.241 e. The maximum Gasteiger partial charge on any atom is 0.241 e. The summed E-state index contributed by atoms with van der Waals surface area (Å²) in [6.07, 6.45) is -0.928. The third-order valence-corrected chi connectivity index (χ3v) is 8.16. The zero-order valence-electron chi connectivity index (χ0n) is 21.0. The Morgan fingerprint density at radius 2 is 1.21 bits per heavy atom. The molecule has 1 aliphatic carbocycles. The molecular weight excluding hydrogens is 490 g/mol. The molecule has 0 N–H and O–H groups in total. The number of hydrogen-bond donors (Lipinski definition) is 0. The highest BCUT2D eigenvalue weighted by Crippen LogP contribution is 2.57. The summed E-state index contributed by atoms with van der Waals surface area (Å²) in [4.78, 5) is 57.0. The minimum absolute atomic E-state index is 0.219. The van der Waals surface area contributed by atoms with Gasteiger partial charge < -0.3 is 4.74 Å². The summed E-state index contributed by atoms with van der Waals surface area (Å²) in [6, 6.07) is 30.8. The van der Waals surface area contributed by atoms with E-state index >= 15 is 0 Å². The first-order valence-corrected chi connectivity index (χ1v) is 12.9. The van der Waals surface area contributed by atoms with Crippen LogP contribution in [0.3, 0.4) is 0 Å². The SMILES string of the molecule is Cc1ccc([C@@H]2OC3(C(=O)c4ccccc4C3=O)[C@H]3C(=O)N(c4ccc(-c5ccccc5)cc4)C(=O)[C@@H]23)cc1. The Morgan fingerprint density at radius 1 is 0.641 bits per heavy atom. The number of imide groups is 1. The van der Waals surface area contributed by atoms with E-state index in [1.807, 2.05) is 73.7 Å². The molecule has 2 aliphatic heterocycles. The number of anilines is 1. The fraction of sp³-hybridized carbons (Fsp3) is 0.152. The molecule has 2 heterocycles. The number of rotatable bonds is 3. The Balaban J connectivity index is 1.34. The molecule has 4 aromatic rings. The molecule has 0 bridgehead atoms. The van der Waals surface area contributed by atoms with E-state index < -0.39 is 46.9 Å². The predicted octanol–water partition coefficient (Wildman–Crippen LogP) is 5.36. The van der Waals surface area contributed by atoms with Crippen molar-refractivity contribution in [2.45, 2.75) is 18.6 Å². The van der Waals surface area contributed by atoms with Gasteiger partial charge in [0.2, 0.25) is 29.0 Å². The summed E-state index contributed by atoms with van der Waals surface area (Å²) in [7, 11) is 0. The molecule has 3 atom stereocenters. The monoisotopic (exact) mass is 513 g/mol. The number of aryl methyl sites for hydroxylation is 1. The topological polar surface area (TPSA) is 80.8 Å². The van der Waals surface area contributed by atoms with Gasteiger partial charge in [-0.2, -0.15) is 0 Å². The number of ether oxygens (including phenoxy) is 1. The van der Waals surface area contributed by atoms with Crippen LogP contribution in [0.5, 0.6) is 0 Å². The zero-order chi connectivity index (χ0) is 26.9. The van der Waals surface area contributed by atoms with Gasteiger partial charge >= 0.3 is 0 Å². The van der Waals surface area contributed by atoms with Gasteiger partial charge in [0.15, 0.2) is 0 Å². The van der Waals surface area contributed by atoms with Gasteiger partial charge in [0, 0.05) is 11.1 Å². The number of nitrogens with zero attached hydrogens (tertiary/aromatic N) is 1. The van der Waals surface area contributed by atoms with Crippen LogP contribution in [-0.4, -0.2) is 29.0 Å². The molecule has 0 aromatic heterocycles. The van der Waals surface area contributed by atoms with Crippen molar-refractivity contribution in [3.63, 3.8) is 0 Å². The molecule has 0 radical (unpaired) electrons. The molecule has 6 nitrogen and oxygen atoms in total. The number of carbonyl (C=O) groups excluding carboxylic acids is 4. The lowest BCUT2D eigenvalue weighted by atomic mass is 9.77. The molecule has 0 unspecified atom stereocenters. The standard InChI is InChI=1S/C33H23NO5/c1-19-11-13-22(14-12-19)28-26-27(33(39-28)29(35)24-9-5-6-10-25(24)30(33)36)32(38)34(31(26)37)23-17-15-21(16-18-23)20-7-3-2-4-8-20/h2-18,26-28H,1H3/t26-,27-,28+/m1/s1. The minimum Gasteiger partial charge on any atom is -0.349 e. The minimum atomic E-state index is -2.07. The maximum absolute atomic E-state index is 14.1. The van der Waals surface area contributed by atoms with Crippen molar-refractivity contribution in [2.75, 3.05) is 4.90 Å². The van der Waals surface area contributed by atoms with Crippen LogP contribution in [0.1, 0.15) is 37.9 Å². The summed E-state index contributed by atoms with van der Waals surface area (Å²) in [5.74, 6) is -4.47. The molecule has 2 saturated heterocycles. The summed E-state index contributed by atoms with van der Waals surface area (Å²) in [5, 5.41) is 0. The van der Waals surface area contributed by atoms with Crippen LogP contribution in [0.4, 0.5) is 5.69 Å². The number of hydrogen-bond acceptors (Lipinski definition) is 5. The second-order valence-corrected chi connectivity index (χ2v) is 10.3. The Bertz CT molecular complexity index is 1640. The third kappa shape index (κ3) is 3.18. The van der Waals surface area contributed by atoms with E-state index in [0.717, 1.165) is 21.6 Å². The maximum atomic E-state index is 14.1. The van der Waals surface area contributed by atoms with E-state index in [1.165, 1.54) is 0 Å². The lowest BCUT2D eigenvalue weighted by Crippen LogP contribution is -2.51. The molecule has 39 heavy (non-hydrogen) atoms. The average molecular weight is 514 g/mol. The highest BCUT2D eigenvalue weighted by Gasteiger charge is 2.74. The molecule has 190 valence electrons. The van der Waals surface area contributed by atoms with E-state index in [2.05, 4.69) is 0 Å². The van der Waals surface area contributed by atoms with E-state index in [0.29, 0.717) is 11.3 Å². The lowest BCUT2D eigenvalue weighted by molar-refractivity contribution is -0.127. The molecule has 1 spiro atoms. The van der Waals surface area contributed by atoms with Crippen molar-refractivity contribution in [3.05, 3.63) is 125 Å². The lowest BCUT2D eigenvalue weighted by Gasteiger charge is -2.27. The van der Waals surface area contributed by atoms with Crippen LogP contribution in [-0.2, 0) is 14.3 Å². The van der Waals surface area contributed by atoms with E-state index in [9.17, 15) is 19.2 Å². The molecule has 0 saturated carbocycles. The Hall–Kier alpha value is -4.68. The number of benzene rings is 4. The third-order valence-electron chi connectivity index (χ3n) is 8.16. The average Bonchev–Trinajstić information content (AvgIpc) is 3.54. The summed E-state index contributed by atoms with van der Waals surface area (Å²) >= 11 is 0. The van der Waals surface area contributed by atoms with Crippen molar-refractivity contribution in [1.82, 2.24) is 0 Å². The highest BCUT2D eigenvalue weighted by atomic mass is 16.5. The molecule has 2 fully saturated rings. The van der Waals surface area contributed by atoms with Crippen LogP contribution in [0.25, 0.3) is 11.1 Å². The van der Waals surface area contributed by atoms with Crippen LogP contribution in [0, 0.1) is 18.8 Å². The van der Waals surface area contributed by atoms with Gasteiger partial charge in [-0.15, -0.1) is 0 Å². The van der Waals surface area contributed by atoms with Crippen LogP contribution >= 0.6 is 0 Å². The van der Waals surface area contributed by atoms with Gasteiger partial charge in [0.1, 0.15) is 0 Å². The van der Waals surface area contributed by atoms with Crippen molar-refractivity contribution >= 4 is 29.1 Å².